The van der Waals surface area contributed by atoms with E-state index >= 15 is 0 Å². The van der Waals surface area contributed by atoms with Gasteiger partial charge in [0.05, 0.1) is 24.2 Å². The molecule has 1 rings (SSSR count). The summed E-state index contributed by atoms with van der Waals surface area (Å²) in [6, 6.07) is 4.50. The summed E-state index contributed by atoms with van der Waals surface area (Å²) in [5, 5.41) is 10.6. The second-order valence-electron chi connectivity index (χ2n) is 3.71. The smallest absolute Gasteiger partial charge is 0.133 e. The Morgan fingerprint density at radius 3 is 2.81 bits per heavy atom. The van der Waals surface area contributed by atoms with Gasteiger partial charge in [-0.25, -0.2) is 4.39 Å². The summed E-state index contributed by atoms with van der Waals surface area (Å²) >= 11 is 5.85. The molecule has 16 heavy (non-hydrogen) atoms. The molecule has 0 aromatic heterocycles. The third kappa shape index (κ3) is 3.79. The van der Waals surface area contributed by atoms with Gasteiger partial charge < -0.3 is 14.8 Å². The first kappa shape index (κ1) is 12.9. The first-order valence-electron chi connectivity index (χ1n) is 4.94. The molecule has 5 heteroatoms. The summed E-state index contributed by atoms with van der Waals surface area (Å²) in [4.78, 5) is 11.1. The van der Waals surface area contributed by atoms with Gasteiger partial charge in [-0.1, -0.05) is 17.7 Å². The molecule has 3 nitrogen and oxygen atoms in total. The maximum absolute atomic E-state index is 13.4. The SMILES string of the molecule is C[NH+](CCC(=O)[O-])Cc1c(F)cccc1Cl. The lowest BCUT2D eigenvalue weighted by molar-refractivity contribution is -0.893. The highest BCUT2D eigenvalue weighted by Crippen LogP contribution is 2.17. The predicted molar refractivity (Wildman–Crippen MR) is 56.5 cm³/mol. The molecule has 0 aliphatic rings. The third-order valence-electron chi connectivity index (χ3n) is 2.30. The summed E-state index contributed by atoms with van der Waals surface area (Å²) in [7, 11) is 1.78. The van der Waals surface area contributed by atoms with Crippen LogP contribution in [0.15, 0.2) is 18.2 Å². The highest BCUT2D eigenvalue weighted by Gasteiger charge is 2.11. The zero-order valence-corrected chi connectivity index (χ0v) is 9.68. The van der Waals surface area contributed by atoms with Crippen LogP contribution in [0.25, 0.3) is 0 Å². The fourth-order valence-electron chi connectivity index (χ4n) is 1.41. The zero-order valence-electron chi connectivity index (χ0n) is 8.93. The number of carbonyl (C=O) groups is 1. The van der Waals surface area contributed by atoms with E-state index in [0.717, 1.165) is 4.90 Å². The van der Waals surface area contributed by atoms with Crippen LogP contribution >= 0.6 is 11.6 Å². The average Bonchev–Trinajstić information content (AvgIpc) is 2.21. The Morgan fingerprint density at radius 2 is 2.25 bits per heavy atom. The molecule has 0 amide bonds. The van der Waals surface area contributed by atoms with E-state index in [1.807, 2.05) is 0 Å². The molecule has 0 saturated carbocycles. The molecule has 1 N–H and O–H groups in total. The van der Waals surface area contributed by atoms with Crippen molar-refractivity contribution in [2.75, 3.05) is 13.6 Å². The number of carbonyl (C=O) groups excluding carboxylic acids is 1. The van der Waals surface area contributed by atoms with Gasteiger partial charge in [-0.15, -0.1) is 0 Å². The van der Waals surface area contributed by atoms with Gasteiger partial charge in [-0.2, -0.15) is 0 Å². The quantitative estimate of drug-likeness (QED) is 0.770. The molecule has 88 valence electrons. The molecular formula is C11H13ClFNO2. The van der Waals surface area contributed by atoms with E-state index < -0.39 is 5.97 Å². The molecule has 1 aromatic carbocycles. The van der Waals surface area contributed by atoms with Crippen molar-refractivity contribution < 1.29 is 19.2 Å². The molecule has 0 heterocycles. The van der Waals surface area contributed by atoms with Gasteiger partial charge in [0, 0.05) is 12.4 Å². The van der Waals surface area contributed by atoms with Crippen LogP contribution in [0.5, 0.6) is 0 Å². The number of rotatable bonds is 5. The van der Waals surface area contributed by atoms with Crippen molar-refractivity contribution in [3.63, 3.8) is 0 Å². The van der Waals surface area contributed by atoms with Crippen LogP contribution in [-0.2, 0) is 11.3 Å². The Kier molecular flexibility index (Phi) is 4.71. The number of benzene rings is 1. The van der Waals surface area contributed by atoms with Crippen molar-refractivity contribution in [1.29, 1.82) is 0 Å². The Morgan fingerprint density at radius 1 is 1.56 bits per heavy atom. The van der Waals surface area contributed by atoms with Crippen LogP contribution in [0.2, 0.25) is 5.02 Å². The number of hydrogen-bond acceptors (Lipinski definition) is 2. The van der Waals surface area contributed by atoms with E-state index in [-0.39, 0.29) is 12.2 Å². The van der Waals surface area contributed by atoms with Crippen LogP contribution in [0.3, 0.4) is 0 Å². The van der Waals surface area contributed by atoms with Gasteiger partial charge in [0.25, 0.3) is 0 Å². The van der Waals surface area contributed by atoms with Crippen LogP contribution < -0.4 is 10.0 Å². The molecule has 0 aliphatic heterocycles. The third-order valence-corrected chi connectivity index (χ3v) is 2.65. The summed E-state index contributed by atoms with van der Waals surface area (Å²) < 4.78 is 13.4. The van der Waals surface area contributed by atoms with Gasteiger partial charge in [0.1, 0.15) is 12.4 Å². The van der Waals surface area contributed by atoms with Crippen molar-refractivity contribution in [3.05, 3.63) is 34.6 Å². The largest absolute Gasteiger partial charge is 0.550 e. The Balaban J connectivity index is 2.62. The Labute approximate surface area is 98.4 Å². The van der Waals surface area contributed by atoms with E-state index in [0.29, 0.717) is 23.7 Å². The molecular weight excluding hydrogens is 233 g/mol. The Hall–Kier alpha value is -1.13. The van der Waals surface area contributed by atoms with Crippen LogP contribution in [0, 0.1) is 5.82 Å². The molecule has 1 unspecified atom stereocenters. The van der Waals surface area contributed by atoms with Gasteiger partial charge in [0.15, 0.2) is 0 Å². The maximum Gasteiger partial charge on any atom is 0.133 e. The fourth-order valence-corrected chi connectivity index (χ4v) is 1.64. The molecule has 0 spiro atoms. The minimum Gasteiger partial charge on any atom is -0.550 e. The lowest BCUT2D eigenvalue weighted by Crippen LogP contribution is -3.07. The molecule has 0 aliphatic carbocycles. The molecule has 0 saturated heterocycles. The predicted octanol–water partition coefficient (Wildman–Crippen LogP) is -0.366. The number of halogens is 2. The number of nitrogens with one attached hydrogen (secondary N) is 1. The Bertz CT molecular complexity index is 364. The highest BCUT2D eigenvalue weighted by atomic mass is 35.5. The number of carboxylic acid groups (broad SMARTS) is 1. The topological polar surface area (TPSA) is 44.6 Å². The second kappa shape index (κ2) is 5.82. The fraction of sp³-hybridized carbons (Fsp3) is 0.364. The maximum atomic E-state index is 13.4. The van der Waals surface area contributed by atoms with E-state index in [1.54, 1.807) is 13.1 Å². The van der Waals surface area contributed by atoms with Crippen molar-refractivity contribution in [2.24, 2.45) is 0 Å². The highest BCUT2D eigenvalue weighted by molar-refractivity contribution is 6.31. The monoisotopic (exact) mass is 245 g/mol. The number of carboxylic acids is 1. The normalized spacial score (nSPS) is 12.4. The van der Waals surface area contributed by atoms with Crippen molar-refractivity contribution in [2.45, 2.75) is 13.0 Å². The minimum atomic E-state index is -1.10. The first-order chi connectivity index (χ1) is 7.50. The van der Waals surface area contributed by atoms with Crippen LogP contribution in [0.4, 0.5) is 4.39 Å². The van der Waals surface area contributed by atoms with Gasteiger partial charge >= 0.3 is 0 Å². The lowest BCUT2D eigenvalue weighted by Gasteiger charge is -2.15. The van der Waals surface area contributed by atoms with Gasteiger partial charge in [0.2, 0.25) is 0 Å². The molecule has 0 radical (unpaired) electrons. The number of quaternary nitrogens is 1. The second-order valence-corrected chi connectivity index (χ2v) is 4.11. The molecule has 1 atom stereocenters. The van der Waals surface area contributed by atoms with E-state index in [1.165, 1.54) is 12.1 Å². The van der Waals surface area contributed by atoms with Crippen molar-refractivity contribution >= 4 is 17.6 Å². The van der Waals surface area contributed by atoms with Crippen molar-refractivity contribution in [1.82, 2.24) is 0 Å². The van der Waals surface area contributed by atoms with E-state index in [4.69, 9.17) is 11.6 Å². The van der Waals surface area contributed by atoms with Gasteiger partial charge in [-0.3, -0.25) is 0 Å². The summed E-state index contributed by atoms with van der Waals surface area (Å²) in [6.07, 6.45) is -0.0437. The lowest BCUT2D eigenvalue weighted by atomic mass is 10.2. The molecule has 0 fully saturated rings. The summed E-state index contributed by atoms with van der Waals surface area (Å²) in [5.41, 5.74) is 0.417. The van der Waals surface area contributed by atoms with E-state index in [2.05, 4.69) is 0 Å². The zero-order chi connectivity index (χ0) is 12.1. The van der Waals surface area contributed by atoms with Crippen molar-refractivity contribution in [3.8, 4) is 0 Å². The van der Waals surface area contributed by atoms with Gasteiger partial charge in [-0.05, 0) is 12.1 Å². The summed E-state index contributed by atoms with van der Waals surface area (Å²) in [5.74, 6) is -1.46. The molecule has 1 aromatic rings. The first-order valence-corrected chi connectivity index (χ1v) is 5.32. The van der Waals surface area contributed by atoms with Crippen LogP contribution in [0.1, 0.15) is 12.0 Å². The summed E-state index contributed by atoms with van der Waals surface area (Å²) in [6.45, 7) is 0.742. The minimum absolute atomic E-state index is 0.0437. The van der Waals surface area contributed by atoms with E-state index in [9.17, 15) is 14.3 Å². The molecule has 0 bridgehead atoms. The van der Waals surface area contributed by atoms with Crippen LogP contribution in [-0.4, -0.2) is 19.6 Å². The average molecular weight is 246 g/mol. The number of hydrogen-bond donors (Lipinski definition) is 1. The number of aliphatic carboxylic acids is 1. The standard InChI is InChI=1S/C11H13ClFNO2/c1-14(6-5-11(15)16)7-8-9(12)3-2-4-10(8)13/h2-4H,5-7H2,1H3,(H,15,16).